The molecule has 0 saturated heterocycles. The van der Waals surface area contributed by atoms with Crippen molar-refractivity contribution in [3.63, 3.8) is 0 Å². The normalized spacial score (nSPS) is 14.6. The van der Waals surface area contributed by atoms with Gasteiger partial charge in [0.1, 0.15) is 0 Å². The molecule has 0 amide bonds. The molecule has 0 radical (unpaired) electrons. The summed E-state index contributed by atoms with van der Waals surface area (Å²) in [7, 11) is 0. The average Bonchev–Trinajstić information content (AvgIpc) is 2.18. The van der Waals surface area contributed by atoms with Crippen molar-refractivity contribution in [3.05, 3.63) is 36.5 Å². The fraction of sp³-hybridized carbons (Fsp3) is 0.182. The molecule has 2 rings (SSSR count). The summed E-state index contributed by atoms with van der Waals surface area (Å²) in [5, 5.41) is 0. The lowest BCUT2D eigenvalue weighted by Gasteiger charge is -2.11. The molecule has 0 bridgehead atoms. The van der Waals surface area contributed by atoms with Crippen LogP contribution in [0.5, 0.6) is 0 Å². The predicted octanol–water partition coefficient (Wildman–Crippen LogP) is 2.32. The molecule has 3 heteroatoms. The molecule has 70 valence electrons. The van der Waals surface area contributed by atoms with Gasteiger partial charge in [0.05, 0.1) is 12.0 Å². The number of carbonyl (C=O) groups is 1. The van der Waals surface area contributed by atoms with E-state index in [4.69, 9.17) is 0 Å². The van der Waals surface area contributed by atoms with Gasteiger partial charge in [0.25, 0.3) is 0 Å². The Kier molecular flexibility index (Phi) is 2.23. The second-order valence-corrected chi connectivity index (χ2v) is 3.15. The highest BCUT2D eigenvalue weighted by atomic mass is 16.1. The Balaban J connectivity index is 2.44. The summed E-state index contributed by atoms with van der Waals surface area (Å²) in [6.45, 7) is 3.62. The molecule has 14 heavy (non-hydrogen) atoms. The third-order valence-corrected chi connectivity index (χ3v) is 2.10. The topological polar surface area (TPSA) is 42.3 Å². The monoisotopic (exact) mass is 186 g/mol. The number of pyridine rings is 1. The summed E-state index contributed by atoms with van der Waals surface area (Å²) in [4.78, 5) is 20.0. The first kappa shape index (κ1) is 8.81. The number of hydrogen-bond acceptors (Lipinski definition) is 3. The average molecular weight is 186 g/mol. The van der Waals surface area contributed by atoms with Gasteiger partial charge in [-0.3, -0.25) is 4.79 Å². The third-order valence-electron chi connectivity index (χ3n) is 2.10. The van der Waals surface area contributed by atoms with Gasteiger partial charge >= 0.3 is 0 Å². The maximum Gasteiger partial charge on any atom is 0.172 e. The summed E-state index contributed by atoms with van der Waals surface area (Å²) in [5.74, 6) is 0.639. The molecule has 0 spiro atoms. The van der Waals surface area contributed by atoms with E-state index >= 15 is 0 Å². The second kappa shape index (κ2) is 3.54. The zero-order valence-electron chi connectivity index (χ0n) is 7.73. The molecule has 1 aliphatic rings. The van der Waals surface area contributed by atoms with Crippen LogP contribution in [-0.2, 0) is 0 Å². The summed E-state index contributed by atoms with van der Waals surface area (Å²) in [6, 6.07) is 3.52. The molecular weight excluding hydrogens is 176 g/mol. The van der Waals surface area contributed by atoms with Crippen LogP contribution in [-0.4, -0.2) is 16.5 Å². The van der Waals surface area contributed by atoms with Crippen LogP contribution in [0.2, 0.25) is 0 Å². The molecule has 0 unspecified atom stereocenters. The first-order valence-corrected chi connectivity index (χ1v) is 4.47. The molecule has 1 aromatic rings. The van der Waals surface area contributed by atoms with Crippen LogP contribution < -0.4 is 0 Å². The van der Waals surface area contributed by atoms with Gasteiger partial charge in [-0.1, -0.05) is 6.08 Å². The number of ketones is 1. The van der Waals surface area contributed by atoms with Gasteiger partial charge < -0.3 is 0 Å². The van der Waals surface area contributed by atoms with Crippen molar-refractivity contribution in [2.45, 2.75) is 12.8 Å². The lowest BCUT2D eigenvalue weighted by Crippen LogP contribution is -2.13. The van der Waals surface area contributed by atoms with Crippen LogP contribution >= 0.6 is 0 Å². The van der Waals surface area contributed by atoms with Gasteiger partial charge in [-0.15, -0.1) is 6.58 Å². The maximum absolute atomic E-state index is 11.6. The van der Waals surface area contributed by atoms with Crippen LogP contribution in [0.25, 0.3) is 0 Å². The predicted molar refractivity (Wildman–Crippen MR) is 55.1 cm³/mol. The van der Waals surface area contributed by atoms with Crippen molar-refractivity contribution < 1.29 is 4.79 Å². The van der Waals surface area contributed by atoms with Crippen molar-refractivity contribution in [1.82, 2.24) is 4.98 Å². The molecule has 1 aromatic heterocycles. The van der Waals surface area contributed by atoms with E-state index in [0.29, 0.717) is 24.2 Å². The molecule has 0 saturated carbocycles. The SMILES string of the molecule is C=CCC1=Nc2ncccc2C(=O)C1. The smallest absolute Gasteiger partial charge is 0.172 e. The second-order valence-electron chi connectivity index (χ2n) is 3.15. The van der Waals surface area contributed by atoms with E-state index in [1.807, 2.05) is 0 Å². The fourth-order valence-electron chi connectivity index (χ4n) is 1.46. The molecule has 3 nitrogen and oxygen atoms in total. The minimum atomic E-state index is 0.0972. The molecule has 0 atom stereocenters. The summed E-state index contributed by atoms with van der Waals surface area (Å²) in [5.41, 5.74) is 1.47. The van der Waals surface area contributed by atoms with Crippen LogP contribution in [0.3, 0.4) is 0 Å². The van der Waals surface area contributed by atoms with E-state index in [2.05, 4.69) is 16.6 Å². The highest BCUT2D eigenvalue weighted by Crippen LogP contribution is 2.23. The first-order chi connectivity index (χ1) is 6.81. The minimum Gasteiger partial charge on any atom is -0.294 e. The molecule has 2 heterocycles. The first-order valence-electron chi connectivity index (χ1n) is 4.47. The number of hydrogen-bond donors (Lipinski definition) is 0. The van der Waals surface area contributed by atoms with Crippen LogP contribution in [0.1, 0.15) is 23.2 Å². The van der Waals surface area contributed by atoms with Crippen molar-refractivity contribution >= 4 is 17.3 Å². The summed E-state index contributed by atoms with van der Waals surface area (Å²) >= 11 is 0. The van der Waals surface area contributed by atoms with Crippen molar-refractivity contribution in [3.8, 4) is 0 Å². The lowest BCUT2D eigenvalue weighted by molar-refractivity contribution is 0.0999. The third kappa shape index (κ3) is 1.48. The number of nitrogens with zero attached hydrogens (tertiary/aromatic N) is 2. The number of aliphatic imine (C=N–C) groups is 1. The van der Waals surface area contributed by atoms with Gasteiger partial charge in [0.2, 0.25) is 0 Å². The maximum atomic E-state index is 11.6. The van der Waals surface area contributed by atoms with Gasteiger partial charge in [0.15, 0.2) is 11.6 Å². The zero-order valence-corrected chi connectivity index (χ0v) is 7.73. The van der Waals surface area contributed by atoms with Gasteiger partial charge in [-0.25, -0.2) is 9.98 Å². The molecule has 0 aliphatic carbocycles. The number of allylic oxidation sites excluding steroid dienone is 1. The Hall–Kier alpha value is -1.77. The van der Waals surface area contributed by atoms with Crippen molar-refractivity contribution in [2.24, 2.45) is 4.99 Å². The van der Waals surface area contributed by atoms with E-state index in [9.17, 15) is 4.79 Å². The highest BCUT2D eigenvalue weighted by molar-refractivity contribution is 6.15. The number of fused-ring (bicyclic) bond motifs is 1. The Labute approximate surface area is 82.2 Å². The number of aromatic nitrogens is 1. The highest BCUT2D eigenvalue weighted by Gasteiger charge is 2.19. The Morgan fingerprint density at radius 2 is 2.43 bits per heavy atom. The number of rotatable bonds is 2. The van der Waals surface area contributed by atoms with Crippen molar-refractivity contribution in [1.29, 1.82) is 0 Å². The summed E-state index contributed by atoms with van der Waals surface area (Å²) < 4.78 is 0. The van der Waals surface area contributed by atoms with E-state index in [1.165, 1.54) is 0 Å². The van der Waals surface area contributed by atoms with E-state index < -0.39 is 0 Å². The summed E-state index contributed by atoms with van der Waals surface area (Å²) in [6.07, 6.45) is 4.44. The minimum absolute atomic E-state index is 0.0972. The van der Waals surface area contributed by atoms with E-state index in [0.717, 1.165) is 5.71 Å². The van der Waals surface area contributed by atoms with Crippen molar-refractivity contribution in [2.75, 3.05) is 0 Å². The Morgan fingerprint density at radius 3 is 3.21 bits per heavy atom. The van der Waals surface area contributed by atoms with Crippen LogP contribution in [0.4, 0.5) is 5.82 Å². The largest absolute Gasteiger partial charge is 0.294 e. The van der Waals surface area contributed by atoms with E-state index in [-0.39, 0.29) is 5.78 Å². The van der Waals surface area contributed by atoms with Gasteiger partial charge in [-0.05, 0) is 12.1 Å². The molecule has 0 N–H and O–H groups in total. The van der Waals surface area contributed by atoms with Gasteiger partial charge in [-0.2, -0.15) is 0 Å². The standard InChI is InChI=1S/C11H10N2O/c1-2-4-8-7-10(14)9-5-3-6-12-11(9)13-8/h2-3,5-6H,1,4,7H2. The zero-order chi connectivity index (χ0) is 9.97. The molecule has 1 aliphatic heterocycles. The molecular formula is C11H10N2O. The fourth-order valence-corrected chi connectivity index (χ4v) is 1.46. The molecule has 0 fully saturated rings. The Morgan fingerprint density at radius 1 is 1.57 bits per heavy atom. The van der Waals surface area contributed by atoms with Gasteiger partial charge in [0, 0.05) is 18.3 Å². The van der Waals surface area contributed by atoms with E-state index in [1.54, 1.807) is 24.4 Å². The number of carbonyl (C=O) groups excluding carboxylic acids is 1. The quantitative estimate of drug-likeness (QED) is 0.665. The number of Topliss-reactive ketones (excluding diaryl/α,β-unsaturated/α-hetero) is 1. The Bertz CT molecular complexity index is 421. The molecule has 0 aromatic carbocycles. The lowest BCUT2D eigenvalue weighted by atomic mass is 10.0. The van der Waals surface area contributed by atoms with Crippen LogP contribution in [0.15, 0.2) is 36.0 Å². The van der Waals surface area contributed by atoms with Crippen LogP contribution in [0, 0.1) is 0 Å².